The van der Waals surface area contributed by atoms with E-state index in [1.807, 2.05) is 24.3 Å². The van der Waals surface area contributed by atoms with Gasteiger partial charge >= 0.3 is 0 Å². The molecule has 1 saturated heterocycles. The average molecular weight is 385 g/mol. The van der Waals surface area contributed by atoms with Crippen molar-refractivity contribution in [1.29, 1.82) is 0 Å². The van der Waals surface area contributed by atoms with Crippen molar-refractivity contribution in [2.45, 2.75) is 18.8 Å². The van der Waals surface area contributed by atoms with Crippen molar-refractivity contribution in [1.82, 2.24) is 0 Å². The zero-order chi connectivity index (χ0) is 16.4. The normalized spacial score (nSPS) is 23.9. The van der Waals surface area contributed by atoms with Crippen molar-refractivity contribution < 1.29 is 23.0 Å². The van der Waals surface area contributed by atoms with Crippen LogP contribution in [0.2, 0.25) is 0 Å². The first kappa shape index (κ1) is 16.4. The number of rotatable bonds is 4. The summed E-state index contributed by atoms with van der Waals surface area (Å²) in [4.78, 5) is 0. The summed E-state index contributed by atoms with van der Waals surface area (Å²) in [5.74, 6) is -1.87. The van der Waals surface area contributed by atoms with E-state index in [1.54, 1.807) is 6.92 Å². The first-order chi connectivity index (χ1) is 11.0. The number of halogens is 3. The van der Waals surface area contributed by atoms with E-state index in [2.05, 4.69) is 15.9 Å². The molecule has 0 bridgehead atoms. The van der Waals surface area contributed by atoms with E-state index in [0.717, 1.165) is 10.5 Å². The van der Waals surface area contributed by atoms with Gasteiger partial charge in [0.05, 0.1) is 6.61 Å². The molecule has 2 aromatic rings. The maximum Gasteiger partial charge on any atom is 0.195 e. The third-order valence-electron chi connectivity index (χ3n) is 3.61. The van der Waals surface area contributed by atoms with Crippen LogP contribution in [0.3, 0.4) is 0 Å². The lowest BCUT2D eigenvalue weighted by Crippen LogP contribution is -2.27. The van der Waals surface area contributed by atoms with Crippen molar-refractivity contribution >= 4 is 15.9 Å². The lowest BCUT2D eigenvalue weighted by atomic mass is 10.1. The molecule has 1 aliphatic heterocycles. The summed E-state index contributed by atoms with van der Waals surface area (Å²) in [5, 5.41) is 0. The largest absolute Gasteiger partial charge is 0.491 e. The van der Waals surface area contributed by atoms with Gasteiger partial charge in [0.2, 0.25) is 0 Å². The van der Waals surface area contributed by atoms with Crippen LogP contribution in [0.15, 0.2) is 46.9 Å². The number of ether oxygens (including phenoxy) is 3. The summed E-state index contributed by atoms with van der Waals surface area (Å²) in [7, 11) is 0. The Morgan fingerprint density at radius 3 is 2.65 bits per heavy atom. The molecule has 3 rings (SSSR count). The molecule has 3 nitrogen and oxygen atoms in total. The van der Waals surface area contributed by atoms with E-state index in [4.69, 9.17) is 14.2 Å². The number of hydrogen-bond donors (Lipinski definition) is 0. The molecule has 1 aliphatic rings. The fourth-order valence-corrected chi connectivity index (χ4v) is 2.70. The second-order valence-corrected chi connectivity index (χ2v) is 6.30. The summed E-state index contributed by atoms with van der Waals surface area (Å²) < 4.78 is 44.9. The van der Waals surface area contributed by atoms with Crippen LogP contribution in [0.5, 0.6) is 5.75 Å². The molecule has 23 heavy (non-hydrogen) atoms. The Hall–Kier alpha value is -1.50. The first-order valence-electron chi connectivity index (χ1n) is 7.12. The predicted octanol–water partition coefficient (Wildman–Crippen LogP) is 4.39. The average Bonchev–Trinajstić information content (AvgIpc) is 2.89. The number of benzene rings is 2. The Bertz CT molecular complexity index is 693. The Morgan fingerprint density at radius 2 is 1.96 bits per heavy atom. The molecule has 0 aliphatic carbocycles. The third-order valence-corrected chi connectivity index (χ3v) is 4.13. The van der Waals surface area contributed by atoms with Gasteiger partial charge in [-0.1, -0.05) is 15.9 Å². The summed E-state index contributed by atoms with van der Waals surface area (Å²) in [6.07, 6.45) is -0.340. The highest BCUT2D eigenvalue weighted by molar-refractivity contribution is 9.10. The van der Waals surface area contributed by atoms with Gasteiger partial charge in [-0.05, 0) is 43.3 Å². The molecular weight excluding hydrogens is 370 g/mol. The van der Waals surface area contributed by atoms with Crippen LogP contribution in [0.25, 0.3) is 0 Å². The van der Waals surface area contributed by atoms with Gasteiger partial charge in [-0.3, -0.25) is 0 Å². The Labute approximate surface area is 141 Å². The minimum atomic E-state index is -1.24. The van der Waals surface area contributed by atoms with Crippen molar-refractivity contribution in [2.24, 2.45) is 0 Å². The molecule has 6 heteroatoms. The van der Waals surface area contributed by atoms with E-state index in [-0.39, 0.29) is 24.9 Å². The summed E-state index contributed by atoms with van der Waals surface area (Å²) in [6, 6.07) is 10.7. The van der Waals surface area contributed by atoms with Crippen LogP contribution in [0.1, 0.15) is 12.5 Å². The van der Waals surface area contributed by atoms with E-state index >= 15 is 0 Å². The maximum atomic E-state index is 13.9. The molecule has 2 atom stereocenters. The Kier molecular flexibility index (Phi) is 4.66. The van der Waals surface area contributed by atoms with Gasteiger partial charge in [-0.25, -0.2) is 8.78 Å². The smallest absolute Gasteiger partial charge is 0.195 e. The molecule has 0 amide bonds. The highest BCUT2D eigenvalue weighted by Gasteiger charge is 2.41. The topological polar surface area (TPSA) is 27.7 Å². The van der Waals surface area contributed by atoms with E-state index in [9.17, 15) is 8.78 Å². The lowest BCUT2D eigenvalue weighted by molar-refractivity contribution is -0.166. The van der Waals surface area contributed by atoms with Crippen LogP contribution in [0, 0.1) is 11.6 Å². The second kappa shape index (κ2) is 6.55. The van der Waals surface area contributed by atoms with E-state index in [0.29, 0.717) is 5.75 Å². The molecule has 0 aromatic heterocycles. The highest BCUT2D eigenvalue weighted by Crippen LogP contribution is 2.35. The van der Waals surface area contributed by atoms with Crippen molar-refractivity contribution in [2.75, 3.05) is 13.2 Å². The molecule has 0 saturated carbocycles. The highest BCUT2D eigenvalue weighted by atomic mass is 79.9. The van der Waals surface area contributed by atoms with Gasteiger partial charge in [0.15, 0.2) is 5.79 Å². The molecular formula is C17H15BrF2O3. The lowest BCUT2D eigenvalue weighted by Gasteiger charge is -2.24. The quantitative estimate of drug-likeness (QED) is 0.781. The molecule has 122 valence electrons. The SMILES string of the molecule is C[C@@]1(c2ccc(F)cc2F)OC[C@H](COc2ccc(Br)cc2)O1. The van der Waals surface area contributed by atoms with E-state index in [1.165, 1.54) is 12.1 Å². The standard InChI is InChI=1S/C17H15BrF2O3/c1-17(15-7-4-12(19)8-16(15)20)22-10-14(23-17)9-21-13-5-2-11(18)3-6-13/h2-8,14H,9-10H2,1H3/t14-,17+/m0/s1. The van der Waals surface area contributed by atoms with Gasteiger partial charge < -0.3 is 14.2 Å². The third kappa shape index (κ3) is 3.71. The van der Waals surface area contributed by atoms with E-state index < -0.39 is 17.4 Å². The minimum absolute atomic E-state index is 0.171. The van der Waals surface area contributed by atoms with Crippen LogP contribution >= 0.6 is 15.9 Å². The monoisotopic (exact) mass is 384 g/mol. The summed E-state index contributed by atoms with van der Waals surface area (Å²) in [6.45, 7) is 2.16. The zero-order valence-corrected chi connectivity index (χ0v) is 14.0. The fourth-order valence-electron chi connectivity index (χ4n) is 2.44. The molecule has 0 spiro atoms. The van der Waals surface area contributed by atoms with Gasteiger partial charge in [0.1, 0.15) is 30.1 Å². The molecule has 0 N–H and O–H groups in total. The second-order valence-electron chi connectivity index (χ2n) is 5.39. The molecule has 0 radical (unpaired) electrons. The predicted molar refractivity (Wildman–Crippen MR) is 84.2 cm³/mol. The van der Waals surface area contributed by atoms with Gasteiger partial charge in [-0.2, -0.15) is 0 Å². The fraction of sp³-hybridized carbons (Fsp3) is 0.294. The zero-order valence-electron chi connectivity index (χ0n) is 12.4. The number of hydrogen-bond acceptors (Lipinski definition) is 3. The first-order valence-corrected chi connectivity index (χ1v) is 7.91. The minimum Gasteiger partial charge on any atom is -0.491 e. The molecule has 0 unspecified atom stereocenters. The van der Waals surface area contributed by atoms with Gasteiger partial charge in [0, 0.05) is 16.1 Å². The van der Waals surface area contributed by atoms with Crippen LogP contribution < -0.4 is 4.74 Å². The Morgan fingerprint density at radius 1 is 1.22 bits per heavy atom. The van der Waals surface area contributed by atoms with Crippen molar-refractivity contribution in [3.05, 3.63) is 64.1 Å². The summed E-state index contributed by atoms with van der Waals surface area (Å²) >= 11 is 3.35. The molecule has 1 heterocycles. The van der Waals surface area contributed by atoms with Gasteiger partial charge in [0.25, 0.3) is 0 Å². The molecule has 1 fully saturated rings. The van der Waals surface area contributed by atoms with Crippen molar-refractivity contribution in [3.63, 3.8) is 0 Å². The van der Waals surface area contributed by atoms with Crippen LogP contribution in [-0.2, 0) is 15.3 Å². The summed E-state index contributed by atoms with van der Waals surface area (Å²) in [5.41, 5.74) is 0.171. The Balaban J connectivity index is 1.64. The molecule has 2 aromatic carbocycles. The van der Waals surface area contributed by atoms with Crippen LogP contribution in [0.4, 0.5) is 8.78 Å². The van der Waals surface area contributed by atoms with Gasteiger partial charge in [-0.15, -0.1) is 0 Å². The van der Waals surface area contributed by atoms with Crippen LogP contribution in [-0.4, -0.2) is 19.3 Å². The van der Waals surface area contributed by atoms with Crippen molar-refractivity contribution in [3.8, 4) is 5.75 Å². The maximum absolute atomic E-state index is 13.9.